The Morgan fingerprint density at radius 3 is 2.73 bits per heavy atom. The van der Waals surface area contributed by atoms with E-state index in [0.717, 1.165) is 5.56 Å². The Bertz CT molecular complexity index is 871. The van der Waals surface area contributed by atoms with Crippen LogP contribution in [0.15, 0.2) is 47.6 Å². The number of aromatic hydroxyl groups is 1. The summed E-state index contributed by atoms with van der Waals surface area (Å²) in [5.41, 5.74) is 3.49. The standard InChI is InChI=1S/C18H15Cl2N3O3/c19-12-6-11(16(24)14(20)7-12)8-22-23-18(26)15-13(9-21-17(15)25)10-4-2-1-3-5-10/h1-8,13,15,24H,9H2,(H,21,25)(H,23,26)/t13-,15-/m1/s1. The van der Waals surface area contributed by atoms with Gasteiger partial charge in [0.05, 0.1) is 11.2 Å². The first-order chi connectivity index (χ1) is 12.5. The van der Waals surface area contributed by atoms with Crippen LogP contribution in [0.25, 0.3) is 0 Å². The number of hydrogen-bond donors (Lipinski definition) is 3. The van der Waals surface area contributed by atoms with Crippen molar-refractivity contribution in [2.45, 2.75) is 5.92 Å². The number of rotatable bonds is 4. The number of hydrazone groups is 1. The number of halogens is 2. The zero-order chi connectivity index (χ0) is 18.7. The van der Waals surface area contributed by atoms with E-state index in [0.29, 0.717) is 11.6 Å². The van der Waals surface area contributed by atoms with Gasteiger partial charge in [-0.25, -0.2) is 5.43 Å². The highest BCUT2D eigenvalue weighted by Gasteiger charge is 2.40. The van der Waals surface area contributed by atoms with E-state index >= 15 is 0 Å². The first-order valence-electron chi connectivity index (χ1n) is 7.81. The van der Waals surface area contributed by atoms with Gasteiger partial charge in [-0.2, -0.15) is 5.10 Å². The summed E-state index contributed by atoms with van der Waals surface area (Å²) < 4.78 is 0. The lowest BCUT2D eigenvalue weighted by Gasteiger charge is -2.15. The lowest BCUT2D eigenvalue weighted by Crippen LogP contribution is -2.34. The Kier molecular flexibility index (Phi) is 5.44. The maximum atomic E-state index is 12.4. The van der Waals surface area contributed by atoms with Crippen molar-refractivity contribution in [1.29, 1.82) is 0 Å². The van der Waals surface area contributed by atoms with Crippen LogP contribution in [0.4, 0.5) is 0 Å². The molecule has 8 heteroatoms. The van der Waals surface area contributed by atoms with Crippen molar-refractivity contribution in [3.05, 3.63) is 63.6 Å². The zero-order valence-electron chi connectivity index (χ0n) is 13.4. The van der Waals surface area contributed by atoms with Crippen LogP contribution in [0.1, 0.15) is 17.0 Å². The van der Waals surface area contributed by atoms with E-state index in [1.807, 2.05) is 30.3 Å². The number of benzene rings is 2. The van der Waals surface area contributed by atoms with Crippen LogP contribution in [0.2, 0.25) is 10.0 Å². The smallest absolute Gasteiger partial charge is 0.253 e. The third-order valence-corrected chi connectivity index (χ3v) is 4.63. The lowest BCUT2D eigenvalue weighted by atomic mass is 9.88. The van der Waals surface area contributed by atoms with Crippen molar-refractivity contribution in [3.8, 4) is 5.75 Å². The molecule has 1 fully saturated rings. The van der Waals surface area contributed by atoms with Gasteiger partial charge in [0, 0.05) is 23.0 Å². The molecule has 2 atom stereocenters. The Morgan fingerprint density at radius 1 is 1.27 bits per heavy atom. The van der Waals surface area contributed by atoms with E-state index in [-0.39, 0.29) is 28.2 Å². The summed E-state index contributed by atoms with van der Waals surface area (Å²) >= 11 is 11.7. The van der Waals surface area contributed by atoms with Gasteiger partial charge in [0.1, 0.15) is 11.7 Å². The molecule has 0 spiro atoms. The van der Waals surface area contributed by atoms with E-state index in [2.05, 4.69) is 15.8 Å². The molecule has 2 aromatic carbocycles. The van der Waals surface area contributed by atoms with Gasteiger partial charge in [0.25, 0.3) is 5.91 Å². The molecule has 0 unspecified atom stereocenters. The maximum absolute atomic E-state index is 12.4. The average Bonchev–Trinajstić information content (AvgIpc) is 3.01. The molecule has 2 amide bonds. The van der Waals surface area contributed by atoms with Crippen LogP contribution in [-0.4, -0.2) is 29.7 Å². The molecule has 2 aromatic rings. The largest absolute Gasteiger partial charge is 0.506 e. The van der Waals surface area contributed by atoms with Crippen LogP contribution in [0.5, 0.6) is 5.75 Å². The summed E-state index contributed by atoms with van der Waals surface area (Å²) in [6.07, 6.45) is 1.22. The van der Waals surface area contributed by atoms with E-state index in [1.165, 1.54) is 18.3 Å². The van der Waals surface area contributed by atoms with Gasteiger partial charge >= 0.3 is 0 Å². The fraction of sp³-hybridized carbons (Fsp3) is 0.167. The molecule has 1 saturated heterocycles. The Labute approximate surface area is 159 Å². The van der Waals surface area contributed by atoms with Crippen molar-refractivity contribution < 1.29 is 14.7 Å². The molecule has 0 aromatic heterocycles. The average molecular weight is 392 g/mol. The molecule has 0 aliphatic carbocycles. The van der Waals surface area contributed by atoms with Crippen molar-refractivity contribution in [3.63, 3.8) is 0 Å². The lowest BCUT2D eigenvalue weighted by molar-refractivity contribution is -0.133. The summed E-state index contributed by atoms with van der Waals surface area (Å²) in [5.74, 6) is -2.23. The first kappa shape index (κ1) is 18.2. The van der Waals surface area contributed by atoms with Crippen molar-refractivity contribution in [2.75, 3.05) is 6.54 Å². The predicted molar refractivity (Wildman–Crippen MR) is 99.5 cm³/mol. The van der Waals surface area contributed by atoms with Gasteiger partial charge < -0.3 is 10.4 Å². The second-order valence-electron chi connectivity index (χ2n) is 5.80. The molecule has 0 radical (unpaired) electrons. The highest BCUT2D eigenvalue weighted by Crippen LogP contribution is 2.30. The molecular formula is C18H15Cl2N3O3. The number of phenolic OH excluding ortho intramolecular Hbond substituents is 1. The summed E-state index contributed by atoms with van der Waals surface area (Å²) in [4.78, 5) is 24.5. The number of phenols is 1. The summed E-state index contributed by atoms with van der Waals surface area (Å²) in [6.45, 7) is 0.384. The van der Waals surface area contributed by atoms with Crippen molar-refractivity contribution in [1.82, 2.24) is 10.7 Å². The highest BCUT2D eigenvalue weighted by atomic mass is 35.5. The predicted octanol–water partition coefficient (Wildman–Crippen LogP) is 2.68. The minimum absolute atomic E-state index is 0.0737. The van der Waals surface area contributed by atoms with Gasteiger partial charge in [-0.15, -0.1) is 0 Å². The van der Waals surface area contributed by atoms with E-state index in [4.69, 9.17) is 23.2 Å². The van der Waals surface area contributed by atoms with Crippen molar-refractivity contribution >= 4 is 41.2 Å². The number of amides is 2. The van der Waals surface area contributed by atoms with Crippen LogP contribution in [0.3, 0.4) is 0 Å². The SMILES string of the molecule is O=C1NC[C@H](c2ccccc2)[C@H]1C(=O)NN=Cc1cc(Cl)cc(Cl)c1O. The molecule has 3 rings (SSSR count). The van der Waals surface area contributed by atoms with Crippen LogP contribution < -0.4 is 10.7 Å². The second-order valence-corrected chi connectivity index (χ2v) is 6.64. The van der Waals surface area contributed by atoms with Gasteiger partial charge in [-0.1, -0.05) is 53.5 Å². The van der Waals surface area contributed by atoms with Gasteiger partial charge in [0.2, 0.25) is 5.91 Å². The number of carbonyl (C=O) groups is 2. The highest BCUT2D eigenvalue weighted by molar-refractivity contribution is 6.36. The molecule has 6 nitrogen and oxygen atoms in total. The number of carbonyl (C=O) groups excluding carboxylic acids is 2. The van der Waals surface area contributed by atoms with Gasteiger partial charge in [0.15, 0.2) is 0 Å². The molecule has 1 aliphatic heterocycles. The normalized spacial score (nSPS) is 19.5. The van der Waals surface area contributed by atoms with E-state index in [1.54, 1.807) is 0 Å². The number of nitrogens with zero attached hydrogens (tertiary/aromatic N) is 1. The third-order valence-electron chi connectivity index (χ3n) is 4.13. The van der Waals surface area contributed by atoms with E-state index in [9.17, 15) is 14.7 Å². The minimum Gasteiger partial charge on any atom is -0.506 e. The zero-order valence-corrected chi connectivity index (χ0v) is 15.0. The monoisotopic (exact) mass is 391 g/mol. The van der Waals surface area contributed by atoms with E-state index < -0.39 is 11.8 Å². The van der Waals surface area contributed by atoms with Gasteiger partial charge in [-0.05, 0) is 17.7 Å². The summed E-state index contributed by atoms with van der Waals surface area (Å²) in [7, 11) is 0. The number of nitrogens with one attached hydrogen (secondary N) is 2. The van der Waals surface area contributed by atoms with Crippen molar-refractivity contribution in [2.24, 2.45) is 11.0 Å². The first-order valence-corrected chi connectivity index (χ1v) is 8.56. The Morgan fingerprint density at radius 2 is 2.00 bits per heavy atom. The molecule has 1 aliphatic rings. The van der Waals surface area contributed by atoms with Crippen LogP contribution >= 0.6 is 23.2 Å². The topological polar surface area (TPSA) is 90.8 Å². The summed E-state index contributed by atoms with van der Waals surface area (Å²) in [6, 6.07) is 12.2. The molecule has 1 heterocycles. The second kappa shape index (κ2) is 7.76. The number of hydrogen-bond acceptors (Lipinski definition) is 4. The quantitative estimate of drug-likeness (QED) is 0.425. The molecule has 0 saturated carbocycles. The molecule has 0 bridgehead atoms. The fourth-order valence-corrected chi connectivity index (χ4v) is 3.36. The molecule has 3 N–H and O–H groups in total. The Hall–Kier alpha value is -2.57. The third kappa shape index (κ3) is 3.81. The fourth-order valence-electron chi connectivity index (χ4n) is 2.85. The van der Waals surface area contributed by atoms with Crippen LogP contribution in [-0.2, 0) is 9.59 Å². The minimum atomic E-state index is -0.883. The molecule has 26 heavy (non-hydrogen) atoms. The maximum Gasteiger partial charge on any atom is 0.253 e. The molecule has 134 valence electrons. The van der Waals surface area contributed by atoms with Crippen LogP contribution in [0, 0.1) is 5.92 Å². The summed E-state index contributed by atoms with van der Waals surface area (Å²) in [5, 5.41) is 16.8. The molecular weight excluding hydrogens is 377 g/mol. The Balaban J connectivity index is 1.74. The van der Waals surface area contributed by atoms with Gasteiger partial charge in [-0.3, -0.25) is 9.59 Å².